The highest BCUT2D eigenvalue weighted by atomic mass is 35.5. The van der Waals surface area contributed by atoms with Crippen molar-refractivity contribution < 1.29 is 106 Å². The van der Waals surface area contributed by atoms with Crippen molar-refractivity contribution in [3.63, 3.8) is 0 Å². The number of fused-ring (bicyclic) bond motifs is 2. The first kappa shape index (κ1) is 45.6. The quantitative estimate of drug-likeness (QED) is 0.0657. The molecule has 2 aromatic carbocycles. The van der Waals surface area contributed by atoms with Crippen molar-refractivity contribution in [2.75, 3.05) is 52.4 Å². The Morgan fingerprint density at radius 3 is 1.33 bits per heavy atom. The monoisotopic (exact) mass is 666 g/mol. The average molecular weight is 669 g/mol. The van der Waals surface area contributed by atoms with Gasteiger partial charge in [0.25, 0.3) is 0 Å². The number of rotatable bonds is 18. The molecule has 0 spiro atoms. The number of quaternary nitrogens is 5. The van der Waals surface area contributed by atoms with E-state index in [4.69, 9.17) is 0 Å². The second-order valence-electron chi connectivity index (χ2n) is 9.20. The molecule has 0 saturated heterocycles. The number of hydrogen-bond donors (Lipinski definition) is 5. The first-order valence-corrected chi connectivity index (χ1v) is 13.3. The van der Waals surface area contributed by atoms with Gasteiger partial charge < -0.3 is 101 Å². The van der Waals surface area contributed by atoms with E-state index in [1.807, 2.05) is 0 Å². The molecule has 0 aliphatic heterocycles. The van der Waals surface area contributed by atoms with E-state index in [9.17, 15) is 0 Å². The van der Waals surface area contributed by atoms with Crippen LogP contribution in [-0.2, 0) is 0 Å². The Morgan fingerprint density at radius 1 is 0.487 bits per heavy atom. The fraction of sp³-hybridized carbons (Fsp3) is 0.519. The molecule has 1 aromatic heterocycles. The number of para-hydroxylation sites is 2. The van der Waals surface area contributed by atoms with Gasteiger partial charge in [-0.05, 0) is 12.1 Å². The molecule has 0 radical (unpaired) electrons. The molecular formula is C27H48Cl6N6. The minimum absolute atomic E-state index is 0. The van der Waals surface area contributed by atoms with Crippen LogP contribution >= 0.6 is 0 Å². The number of unbranched alkanes of at least 4 members (excludes halogenated alkanes) is 2. The normalized spacial score (nSPS) is 9.77. The van der Waals surface area contributed by atoms with Gasteiger partial charge >= 0.3 is 0 Å². The van der Waals surface area contributed by atoms with Crippen molar-refractivity contribution in [2.45, 2.75) is 38.5 Å². The Hall–Kier alpha value is -0.350. The van der Waals surface area contributed by atoms with E-state index < -0.39 is 0 Å². The van der Waals surface area contributed by atoms with Gasteiger partial charge in [-0.2, -0.15) is 0 Å². The summed E-state index contributed by atoms with van der Waals surface area (Å²) < 4.78 is 0. The maximum absolute atomic E-state index is 3.89. The summed E-state index contributed by atoms with van der Waals surface area (Å²) >= 11 is 0. The molecule has 12 N–H and O–H groups in total. The lowest BCUT2D eigenvalue weighted by atomic mass is 10.1. The second kappa shape index (κ2) is 29.2. The molecule has 228 valence electrons. The number of benzene rings is 2. The predicted octanol–water partition coefficient (Wildman–Crippen LogP) is -19.7. The van der Waals surface area contributed by atoms with Crippen LogP contribution in [-0.4, -0.2) is 52.4 Å². The fourth-order valence-corrected chi connectivity index (χ4v) is 4.55. The third-order valence-electron chi connectivity index (χ3n) is 6.46. The van der Waals surface area contributed by atoms with Crippen molar-refractivity contribution in [1.82, 2.24) is 0 Å². The van der Waals surface area contributed by atoms with Gasteiger partial charge in [0.05, 0.1) is 52.4 Å². The van der Waals surface area contributed by atoms with E-state index in [0.29, 0.717) is 0 Å². The van der Waals surface area contributed by atoms with Crippen molar-refractivity contribution >= 4 is 27.5 Å². The molecule has 0 aliphatic carbocycles. The third kappa shape index (κ3) is 17.3. The Kier molecular flexibility index (Phi) is 34.1. The molecule has 1 heterocycles. The van der Waals surface area contributed by atoms with Crippen LogP contribution in [0.3, 0.4) is 0 Å². The molecule has 39 heavy (non-hydrogen) atoms. The zero-order chi connectivity index (χ0) is 23.0. The topological polar surface area (TPSA) is 108 Å². The molecule has 0 saturated carbocycles. The third-order valence-corrected chi connectivity index (χ3v) is 6.46. The largest absolute Gasteiger partial charge is 1.00 e. The van der Waals surface area contributed by atoms with Crippen molar-refractivity contribution in [1.29, 1.82) is 0 Å². The maximum atomic E-state index is 3.89. The smallest absolute Gasteiger partial charge is 0.217 e. The molecule has 0 fully saturated rings. The van der Waals surface area contributed by atoms with Crippen molar-refractivity contribution in [3.05, 3.63) is 48.5 Å². The van der Waals surface area contributed by atoms with Gasteiger partial charge in [-0.3, -0.25) is 0 Å². The number of aromatic amines is 1. The van der Waals surface area contributed by atoms with Crippen LogP contribution < -0.4 is 106 Å². The van der Waals surface area contributed by atoms with Crippen LogP contribution in [0.2, 0.25) is 0 Å². The van der Waals surface area contributed by atoms with E-state index >= 15 is 0 Å². The van der Waals surface area contributed by atoms with E-state index in [-0.39, 0.29) is 74.4 Å². The summed E-state index contributed by atoms with van der Waals surface area (Å²) in [6.45, 7) is 9.84. The van der Waals surface area contributed by atoms with E-state index in [1.54, 1.807) is 0 Å². The van der Waals surface area contributed by atoms with Gasteiger partial charge in [0.1, 0.15) is 10.8 Å². The molecule has 3 rings (SSSR count). The standard InChI is InChI=1S/C27H42N6.6ClH/c28-15-9-19-29-16-5-6-17-30-20-10-21-31-18-7-8-22-32-27-23-11-1-3-13-25(23)33-26-14-4-2-12-24(26)27;;;;;;/h1-4,11-14,29-31H,5-10,15-22,28H2,(H,32,33);6*1H. The Labute approximate surface area is 272 Å². The Bertz CT molecular complexity index is 899. The predicted molar refractivity (Wildman–Crippen MR) is 135 cm³/mol. The van der Waals surface area contributed by atoms with Gasteiger partial charge in [0, 0.05) is 50.7 Å². The molecule has 3 aromatic rings. The number of H-pyrrole nitrogens is 1. The van der Waals surface area contributed by atoms with Crippen LogP contribution in [0.5, 0.6) is 0 Å². The van der Waals surface area contributed by atoms with E-state index in [2.05, 4.69) is 80.5 Å². The highest BCUT2D eigenvalue weighted by Gasteiger charge is 2.16. The molecule has 0 amide bonds. The van der Waals surface area contributed by atoms with Gasteiger partial charge in [-0.25, -0.2) is 4.98 Å². The summed E-state index contributed by atoms with van der Waals surface area (Å²) in [5.41, 5.74) is 7.71. The molecule has 0 atom stereocenters. The minimum atomic E-state index is 0. The van der Waals surface area contributed by atoms with Crippen LogP contribution in [0.1, 0.15) is 38.5 Å². The van der Waals surface area contributed by atoms with E-state index in [1.165, 1.54) is 105 Å². The first-order chi connectivity index (χ1) is 16.4. The summed E-state index contributed by atoms with van der Waals surface area (Å²) in [6.07, 6.45) is 7.82. The number of halogens is 6. The number of pyridine rings is 1. The molecule has 0 aliphatic rings. The maximum Gasteiger partial charge on any atom is 0.217 e. The number of nitrogens with one attached hydrogen (secondary N) is 1. The van der Waals surface area contributed by atoms with Crippen LogP contribution in [0.15, 0.2) is 48.5 Å². The lowest BCUT2D eigenvalue weighted by molar-refractivity contribution is -0.682. The summed E-state index contributed by atoms with van der Waals surface area (Å²) in [6, 6.07) is 17.3. The average Bonchev–Trinajstić information content (AvgIpc) is 2.85. The van der Waals surface area contributed by atoms with Gasteiger partial charge in [-0.15, -0.1) is 0 Å². The lowest BCUT2D eigenvalue weighted by Gasteiger charge is -2.06. The van der Waals surface area contributed by atoms with E-state index in [0.717, 1.165) is 13.1 Å². The summed E-state index contributed by atoms with van der Waals surface area (Å²) in [5.74, 6) is 0. The highest BCUT2D eigenvalue weighted by molar-refractivity contribution is 6.00. The molecule has 6 nitrogen and oxygen atoms in total. The Balaban J connectivity index is -0.00000102. The number of nitrogens with two attached hydrogens (primary N) is 4. The minimum Gasteiger partial charge on any atom is -1.00 e. The Morgan fingerprint density at radius 2 is 0.872 bits per heavy atom. The first-order valence-electron chi connectivity index (χ1n) is 13.3. The SMILES string of the molecule is [Cl-].[Cl-].[Cl-].[Cl-].[Cl-].[Cl-].[NH3+]CCC[NH2+]CCCC[NH2+]CCC[NH2+]CCCC[NH2+]c1c2ccccc2[nH+]c2ccccc12. The van der Waals surface area contributed by atoms with Crippen molar-refractivity contribution in [3.8, 4) is 0 Å². The van der Waals surface area contributed by atoms with Crippen LogP contribution in [0, 0.1) is 0 Å². The van der Waals surface area contributed by atoms with Gasteiger partial charge in [0.15, 0.2) is 5.69 Å². The fourth-order valence-electron chi connectivity index (χ4n) is 4.55. The second-order valence-corrected chi connectivity index (χ2v) is 9.20. The molecule has 0 bridgehead atoms. The lowest BCUT2D eigenvalue weighted by Crippen LogP contribution is -3.00. The van der Waals surface area contributed by atoms with Gasteiger partial charge in [0.2, 0.25) is 11.0 Å². The van der Waals surface area contributed by atoms with Crippen molar-refractivity contribution in [2.24, 2.45) is 0 Å². The zero-order valence-electron chi connectivity index (χ0n) is 22.8. The summed E-state index contributed by atoms with van der Waals surface area (Å²) in [7, 11) is 0. The van der Waals surface area contributed by atoms with Gasteiger partial charge in [-0.1, -0.05) is 24.3 Å². The number of aromatic nitrogens is 1. The zero-order valence-corrected chi connectivity index (χ0v) is 27.3. The molecule has 0 unspecified atom stereocenters. The molecular weight excluding hydrogens is 621 g/mol. The summed E-state index contributed by atoms with van der Waals surface area (Å²) in [5, 5.41) is 12.6. The van der Waals surface area contributed by atoms with Crippen LogP contribution in [0.4, 0.5) is 5.69 Å². The number of hydrogen-bond acceptors (Lipinski definition) is 0. The highest BCUT2D eigenvalue weighted by Crippen LogP contribution is 2.24. The summed E-state index contributed by atoms with van der Waals surface area (Å²) in [4.78, 5) is 3.58. The molecule has 12 heteroatoms. The van der Waals surface area contributed by atoms with Crippen LogP contribution in [0.25, 0.3) is 21.8 Å².